The molecule has 5 nitrogen and oxygen atoms in total. The van der Waals surface area contributed by atoms with Crippen LogP contribution in [0.25, 0.3) is 10.9 Å². The number of aliphatic hydroxyl groups is 1. The van der Waals surface area contributed by atoms with Crippen LogP contribution in [0.15, 0.2) is 35.1 Å². The van der Waals surface area contributed by atoms with E-state index in [0.717, 1.165) is 4.57 Å². The lowest BCUT2D eigenvalue weighted by Crippen LogP contribution is -2.29. The van der Waals surface area contributed by atoms with Crippen molar-refractivity contribution in [1.29, 1.82) is 0 Å². The Hall–Kier alpha value is -1.85. The average molecular weight is 220 g/mol. The van der Waals surface area contributed by atoms with Gasteiger partial charge in [-0.3, -0.25) is 9.36 Å². The van der Waals surface area contributed by atoms with Gasteiger partial charge in [-0.1, -0.05) is 12.1 Å². The molecule has 2 rings (SSSR count). The van der Waals surface area contributed by atoms with E-state index in [-0.39, 0.29) is 12.3 Å². The predicted molar refractivity (Wildman–Crippen MR) is 60.2 cm³/mol. The summed E-state index contributed by atoms with van der Waals surface area (Å²) in [4.78, 5) is 11.6. The molecule has 0 aliphatic carbocycles. The number of nitrogens with zero attached hydrogens (tertiary/aromatic N) is 1. The van der Waals surface area contributed by atoms with E-state index in [1.165, 1.54) is 12.1 Å². The van der Waals surface area contributed by atoms with E-state index >= 15 is 0 Å². The SMILES string of the molecule is NCC(O)n1c(=O)ccc2cccc(O)c21. The van der Waals surface area contributed by atoms with Gasteiger partial charge >= 0.3 is 0 Å². The third kappa shape index (κ3) is 1.56. The third-order valence-corrected chi connectivity index (χ3v) is 2.44. The monoisotopic (exact) mass is 220 g/mol. The molecular formula is C11H12N2O3. The Morgan fingerprint density at radius 2 is 2.06 bits per heavy atom. The van der Waals surface area contributed by atoms with Crippen molar-refractivity contribution in [2.45, 2.75) is 6.23 Å². The number of fused-ring (bicyclic) bond motifs is 1. The van der Waals surface area contributed by atoms with Crippen LogP contribution in [0.5, 0.6) is 5.75 Å². The lowest BCUT2D eigenvalue weighted by Gasteiger charge is -2.15. The summed E-state index contributed by atoms with van der Waals surface area (Å²) in [5.41, 5.74) is 5.23. The first-order chi connectivity index (χ1) is 7.65. The number of phenolic OH excluding ortho intramolecular Hbond substituents is 1. The van der Waals surface area contributed by atoms with Crippen molar-refractivity contribution in [2.24, 2.45) is 5.73 Å². The van der Waals surface area contributed by atoms with E-state index in [1.807, 2.05) is 0 Å². The number of phenols is 1. The van der Waals surface area contributed by atoms with Crippen LogP contribution in [0.4, 0.5) is 0 Å². The zero-order valence-electron chi connectivity index (χ0n) is 8.50. The van der Waals surface area contributed by atoms with E-state index in [0.29, 0.717) is 10.9 Å². The second-order valence-corrected chi connectivity index (χ2v) is 3.47. The Bertz CT molecular complexity index is 577. The summed E-state index contributed by atoms with van der Waals surface area (Å²) in [6.07, 6.45) is -1.13. The van der Waals surface area contributed by atoms with Crippen LogP contribution in [0.2, 0.25) is 0 Å². The largest absolute Gasteiger partial charge is 0.506 e. The van der Waals surface area contributed by atoms with Gasteiger partial charge in [-0.05, 0) is 12.1 Å². The summed E-state index contributed by atoms with van der Waals surface area (Å²) in [6, 6.07) is 7.80. The van der Waals surface area contributed by atoms with Crippen molar-refractivity contribution in [3.8, 4) is 5.75 Å². The van der Waals surface area contributed by atoms with Gasteiger partial charge in [0.2, 0.25) is 0 Å². The molecule has 1 aromatic carbocycles. The summed E-state index contributed by atoms with van der Waals surface area (Å²) >= 11 is 0. The maximum atomic E-state index is 11.6. The zero-order valence-corrected chi connectivity index (χ0v) is 8.50. The summed E-state index contributed by atoms with van der Waals surface area (Å²) in [5, 5.41) is 20.0. The van der Waals surface area contributed by atoms with E-state index in [9.17, 15) is 15.0 Å². The molecule has 0 fully saturated rings. The first-order valence-electron chi connectivity index (χ1n) is 4.86. The highest BCUT2D eigenvalue weighted by atomic mass is 16.3. The minimum atomic E-state index is -1.13. The van der Waals surface area contributed by atoms with E-state index in [4.69, 9.17) is 5.73 Å². The molecule has 0 spiro atoms. The number of aliphatic hydroxyl groups excluding tert-OH is 1. The topological polar surface area (TPSA) is 88.5 Å². The number of aromatic nitrogens is 1. The molecule has 0 aliphatic heterocycles. The highest BCUT2D eigenvalue weighted by Gasteiger charge is 2.12. The lowest BCUT2D eigenvalue weighted by molar-refractivity contribution is 0.113. The Morgan fingerprint density at radius 3 is 2.75 bits per heavy atom. The van der Waals surface area contributed by atoms with Crippen LogP contribution in [0.3, 0.4) is 0 Å². The van der Waals surface area contributed by atoms with Crippen LogP contribution >= 0.6 is 0 Å². The third-order valence-electron chi connectivity index (χ3n) is 2.44. The van der Waals surface area contributed by atoms with Crippen molar-refractivity contribution in [2.75, 3.05) is 6.54 Å². The second-order valence-electron chi connectivity index (χ2n) is 3.47. The predicted octanol–water partition coefficient (Wildman–Crippen LogP) is 0.157. The molecule has 1 atom stereocenters. The molecule has 0 aliphatic rings. The van der Waals surface area contributed by atoms with Crippen molar-refractivity contribution < 1.29 is 10.2 Å². The fourth-order valence-corrected chi connectivity index (χ4v) is 1.70. The molecule has 2 aromatic rings. The van der Waals surface area contributed by atoms with Gasteiger partial charge in [-0.2, -0.15) is 0 Å². The number of hydrogen-bond donors (Lipinski definition) is 3. The fraction of sp³-hybridized carbons (Fsp3) is 0.182. The molecule has 5 heteroatoms. The molecule has 0 saturated carbocycles. The molecular weight excluding hydrogens is 208 g/mol. The minimum Gasteiger partial charge on any atom is -0.506 e. The first kappa shape index (κ1) is 10.7. The van der Waals surface area contributed by atoms with Gasteiger partial charge in [0.15, 0.2) is 0 Å². The molecule has 0 saturated heterocycles. The maximum Gasteiger partial charge on any atom is 0.253 e. The number of para-hydroxylation sites is 1. The van der Waals surface area contributed by atoms with Crippen LogP contribution in [0, 0.1) is 0 Å². The van der Waals surface area contributed by atoms with Crippen molar-refractivity contribution in [3.63, 3.8) is 0 Å². The zero-order chi connectivity index (χ0) is 11.7. The average Bonchev–Trinajstić information content (AvgIpc) is 2.29. The van der Waals surface area contributed by atoms with Gasteiger partial charge in [-0.15, -0.1) is 0 Å². The minimum absolute atomic E-state index is 0.0531. The van der Waals surface area contributed by atoms with Crippen LogP contribution in [0.1, 0.15) is 6.23 Å². The molecule has 0 radical (unpaired) electrons. The molecule has 0 amide bonds. The summed E-state index contributed by atoms with van der Waals surface area (Å²) < 4.78 is 1.09. The van der Waals surface area contributed by atoms with Gasteiger partial charge < -0.3 is 15.9 Å². The van der Waals surface area contributed by atoms with Crippen LogP contribution < -0.4 is 11.3 Å². The quantitative estimate of drug-likeness (QED) is 0.672. The second kappa shape index (κ2) is 3.96. The molecule has 1 heterocycles. The Labute approximate surface area is 91.4 Å². The van der Waals surface area contributed by atoms with E-state index < -0.39 is 11.8 Å². The van der Waals surface area contributed by atoms with E-state index in [1.54, 1.807) is 18.2 Å². The number of rotatable bonds is 2. The van der Waals surface area contributed by atoms with Crippen molar-refractivity contribution >= 4 is 10.9 Å². The number of benzene rings is 1. The standard InChI is InChI=1S/C11H12N2O3/c12-6-10(16)13-9(15)5-4-7-2-1-3-8(14)11(7)13/h1-5,10,14,16H,6,12H2. The molecule has 0 bridgehead atoms. The van der Waals surface area contributed by atoms with Gasteiger partial charge in [0.25, 0.3) is 5.56 Å². The molecule has 1 unspecified atom stereocenters. The lowest BCUT2D eigenvalue weighted by atomic mass is 10.2. The first-order valence-corrected chi connectivity index (χ1v) is 4.86. The maximum absolute atomic E-state index is 11.6. The fourth-order valence-electron chi connectivity index (χ4n) is 1.70. The Morgan fingerprint density at radius 1 is 1.31 bits per heavy atom. The number of hydrogen-bond acceptors (Lipinski definition) is 4. The van der Waals surface area contributed by atoms with Crippen molar-refractivity contribution in [1.82, 2.24) is 4.57 Å². The molecule has 4 N–H and O–H groups in total. The van der Waals surface area contributed by atoms with Crippen LogP contribution in [-0.2, 0) is 0 Å². The van der Waals surface area contributed by atoms with Gasteiger partial charge in [0, 0.05) is 18.0 Å². The van der Waals surface area contributed by atoms with Gasteiger partial charge in [0.1, 0.15) is 12.0 Å². The highest BCUT2D eigenvalue weighted by molar-refractivity contribution is 5.84. The van der Waals surface area contributed by atoms with Gasteiger partial charge in [-0.25, -0.2) is 0 Å². The molecule has 1 aromatic heterocycles. The van der Waals surface area contributed by atoms with E-state index in [2.05, 4.69) is 0 Å². The Balaban J connectivity index is 2.88. The summed E-state index contributed by atoms with van der Waals surface area (Å²) in [6.45, 7) is -0.0899. The molecule has 16 heavy (non-hydrogen) atoms. The van der Waals surface area contributed by atoms with Gasteiger partial charge in [0.05, 0.1) is 5.52 Å². The summed E-state index contributed by atoms with van der Waals surface area (Å²) in [5.74, 6) is -0.0531. The number of nitrogens with two attached hydrogens (primary N) is 1. The number of aromatic hydroxyl groups is 1. The Kier molecular flexibility index (Phi) is 2.64. The molecule has 84 valence electrons. The normalized spacial score (nSPS) is 12.9. The van der Waals surface area contributed by atoms with Crippen molar-refractivity contribution in [3.05, 3.63) is 40.7 Å². The van der Waals surface area contributed by atoms with Crippen LogP contribution in [-0.4, -0.2) is 21.3 Å². The highest BCUT2D eigenvalue weighted by Crippen LogP contribution is 2.24. The number of pyridine rings is 1. The summed E-state index contributed by atoms with van der Waals surface area (Å²) in [7, 11) is 0. The smallest absolute Gasteiger partial charge is 0.253 e.